The normalized spacial score (nSPS) is 23.7. The van der Waals surface area contributed by atoms with E-state index < -0.39 is 0 Å². The molecule has 15 heavy (non-hydrogen) atoms. The molecule has 84 valence electrons. The topological polar surface area (TPSA) is 49.8 Å². The van der Waals surface area contributed by atoms with Crippen LogP contribution in [0.4, 0.5) is 5.13 Å². The molecule has 5 heteroatoms. The van der Waals surface area contributed by atoms with E-state index in [-0.39, 0.29) is 0 Å². The maximum absolute atomic E-state index is 4.09. The lowest BCUT2D eigenvalue weighted by molar-refractivity contribution is 0.347. The van der Waals surface area contributed by atoms with Crippen LogP contribution in [-0.4, -0.2) is 29.3 Å². The minimum absolute atomic E-state index is 0.477. The third-order valence-electron chi connectivity index (χ3n) is 2.92. The summed E-state index contributed by atoms with van der Waals surface area (Å²) < 4.78 is 0. The molecule has 1 aromatic rings. The van der Waals surface area contributed by atoms with E-state index in [1.165, 1.54) is 19.4 Å². The number of nitrogens with zero attached hydrogens (tertiary/aromatic N) is 2. The van der Waals surface area contributed by atoms with Gasteiger partial charge in [0.1, 0.15) is 5.01 Å². The van der Waals surface area contributed by atoms with Crippen molar-refractivity contribution in [3.8, 4) is 0 Å². The minimum atomic E-state index is 0.477. The standard InChI is InChI=1S/C10H18N4S/c1-7(9-4-3-5-11-6-9)12-10-14-13-8(2)15-10/h7,9,11H,3-6H2,1-2H3,(H,12,14). The zero-order valence-corrected chi connectivity index (χ0v) is 10.1. The summed E-state index contributed by atoms with van der Waals surface area (Å²) in [7, 11) is 0. The summed E-state index contributed by atoms with van der Waals surface area (Å²) in [6.45, 7) is 6.50. The quantitative estimate of drug-likeness (QED) is 0.823. The zero-order chi connectivity index (χ0) is 10.7. The first kappa shape index (κ1) is 10.8. The predicted molar refractivity (Wildman–Crippen MR) is 63.3 cm³/mol. The number of nitrogens with one attached hydrogen (secondary N) is 2. The van der Waals surface area contributed by atoms with E-state index in [9.17, 15) is 0 Å². The number of piperidine rings is 1. The Morgan fingerprint density at radius 3 is 3.00 bits per heavy atom. The van der Waals surface area contributed by atoms with Crippen LogP contribution in [0, 0.1) is 12.8 Å². The summed E-state index contributed by atoms with van der Waals surface area (Å²) in [6.07, 6.45) is 2.59. The van der Waals surface area contributed by atoms with Gasteiger partial charge in [-0.15, -0.1) is 10.2 Å². The fraction of sp³-hybridized carbons (Fsp3) is 0.800. The monoisotopic (exact) mass is 226 g/mol. The Kier molecular flexibility index (Phi) is 3.53. The molecule has 0 bridgehead atoms. The average molecular weight is 226 g/mol. The molecule has 2 N–H and O–H groups in total. The average Bonchev–Trinajstić information content (AvgIpc) is 2.65. The van der Waals surface area contributed by atoms with E-state index in [1.807, 2.05) is 6.92 Å². The van der Waals surface area contributed by atoms with Crippen LogP contribution in [0.2, 0.25) is 0 Å². The second-order valence-electron chi connectivity index (χ2n) is 4.17. The molecule has 2 heterocycles. The first-order chi connectivity index (χ1) is 7.25. The van der Waals surface area contributed by atoms with Crippen LogP contribution >= 0.6 is 11.3 Å². The van der Waals surface area contributed by atoms with Gasteiger partial charge >= 0.3 is 0 Å². The number of aromatic nitrogens is 2. The van der Waals surface area contributed by atoms with Gasteiger partial charge in [0.25, 0.3) is 0 Å². The highest BCUT2D eigenvalue weighted by Gasteiger charge is 2.20. The molecule has 0 spiro atoms. The maximum Gasteiger partial charge on any atom is 0.205 e. The van der Waals surface area contributed by atoms with E-state index >= 15 is 0 Å². The van der Waals surface area contributed by atoms with Crippen molar-refractivity contribution in [2.24, 2.45) is 5.92 Å². The smallest absolute Gasteiger partial charge is 0.205 e. The van der Waals surface area contributed by atoms with Crippen molar-refractivity contribution in [1.29, 1.82) is 0 Å². The molecule has 2 atom stereocenters. The number of hydrogen-bond acceptors (Lipinski definition) is 5. The third-order valence-corrected chi connectivity index (χ3v) is 3.69. The van der Waals surface area contributed by atoms with Crippen molar-refractivity contribution >= 4 is 16.5 Å². The second-order valence-corrected chi connectivity index (χ2v) is 5.35. The van der Waals surface area contributed by atoms with Crippen molar-refractivity contribution in [3.63, 3.8) is 0 Å². The first-order valence-corrected chi connectivity index (χ1v) is 6.34. The first-order valence-electron chi connectivity index (χ1n) is 5.53. The molecule has 2 unspecified atom stereocenters. The second kappa shape index (κ2) is 4.90. The van der Waals surface area contributed by atoms with Crippen LogP contribution in [0.15, 0.2) is 0 Å². The van der Waals surface area contributed by atoms with Crippen molar-refractivity contribution < 1.29 is 0 Å². The van der Waals surface area contributed by atoms with Crippen LogP contribution in [0.5, 0.6) is 0 Å². The fourth-order valence-corrected chi connectivity index (χ4v) is 2.66. The SMILES string of the molecule is Cc1nnc(NC(C)C2CCCNC2)s1. The molecule has 1 aliphatic rings. The summed E-state index contributed by atoms with van der Waals surface area (Å²) >= 11 is 1.63. The van der Waals surface area contributed by atoms with Gasteiger partial charge in [-0.1, -0.05) is 11.3 Å². The molecule has 0 aliphatic carbocycles. The highest BCUT2D eigenvalue weighted by atomic mass is 32.1. The van der Waals surface area contributed by atoms with Gasteiger partial charge in [0.15, 0.2) is 0 Å². The van der Waals surface area contributed by atoms with Crippen LogP contribution in [0.1, 0.15) is 24.8 Å². The van der Waals surface area contributed by atoms with E-state index in [0.717, 1.165) is 16.7 Å². The van der Waals surface area contributed by atoms with Crippen molar-refractivity contribution in [3.05, 3.63) is 5.01 Å². The molecular formula is C10H18N4S. The largest absolute Gasteiger partial charge is 0.357 e. The molecule has 1 fully saturated rings. The lowest BCUT2D eigenvalue weighted by Crippen LogP contribution is -2.38. The van der Waals surface area contributed by atoms with Crippen LogP contribution in [0.25, 0.3) is 0 Å². The Morgan fingerprint density at radius 2 is 2.40 bits per heavy atom. The molecule has 1 aliphatic heterocycles. The van der Waals surface area contributed by atoms with Gasteiger partial charge in [-0.2, -0.15) is 0 Å². The molecule has 0 saturated carbocycles. The van der Waals surface area contributed by atoms with Gasteiger partial charge in [0.05, 0.1) is 0 Å². The van der Waals surface area contributed by atoms with Gasteiger partial charge in [0.2, 0.25) is 5.13 Å². The fourth-order valence-electron chi connectivity index (χ4n) is 1.97. The molecule has 1 aromatic heterocycles. The van der Waals surface area contributed by atoms with Gasteiger partial charge in [0, 0.05) is 6.04 Å². The summed E-state index contributed by atoms with van der Waals surface area (Å²) in [5.74, 6) is 0.711. The summed E-state index contributed by atoms with van der Waals surface area (Å²) in [6, 6.07) is 0.477. The van der Waals surface area contributed by atoms with Crippen molar-refractivity contribution in [2.75, 3.05) is 18.4 Å². The van der Waals surface area contributed by atoms with Gasteiger partial charge < -0.3 is 10.6 Å². The number of aryl methyl sites for hydroxylation is 1. The maximum atomic E-state index is 4.09. The Morgan fingerprint density at radius 1 is 1.53 bits per heavy atom. The summed E-state index contributed by atoms with van der Waals surface area (Å²) in [5.41, 5.74) is 0. The van der Waals surface area contributed by atoms with Crippen molar-refractivity contribution in [2.45, 2.75) is 32.7 Å². The van der Waals surface area contributed by atoms with Crippen LogP contribution in [0.3, 0.4) is 0 Å². The van der Waals surface area contributed by atoms with Gasteiger partial charge in [-0.3, -0.25) is 0 Å². The van der Waals surface area contributed by atoms with E-state index in [2.05, 4.69) is 27.8 Å². The Hall–Kier alpha value is -0.680. The third kappa shape index (κ3) is 2.89. The minimum Gasteiger partial charge on any atom is -0.357 e. The number of anilines is 1. The summed E-state index contributed by atoms with van der Waals surface area (Å²) in [4.78, 5) is 0. The molecule has 4 nitrogen and oxygen atoms in total. The molecule has 2 rings (SSSR count). The van der Waals surface area contributed by atoms with Crippen LogP contribution in [-0.2, 0) is 0 Å². The zero-order valence-electron chi connectivity index (χ0n) is 9.29. The number of rotatable bonds is 3. The highest BCUT2D eigenvalue weighted by molar-refractivity contribution is 7.15. The molecular weight excluding hydrogens is 208 g/mol. The van der Waals surface area contributed by atoms with Crippen LogP contribution < -0.4 is 10.6 Å². The number of hydrogen-bond donors (Lipinski definition) is 2. The Bertz CT molecular complexity index is 306. The molecule has 0 radical (unpaired) electrons. The Balaban J connectivity index is 1.88. The van der Waals surface area contributed by atoms with E-state index in [1.54, 1.807) is 11.3 Å². The van der Waals surface area contributed by atoms with Crippen molar-refractivity contribution in [1.82, 2.24) is 15.5 Å². The lowest BCUT2D eigenvalue weighted by Gasteiger charge is -2.28. The lowest BCUT2D eigenvalue weighted by atomic mass is 9.93. The Labute approximate surface area is 94.5 Å². The van der Waals surface area contributed by atoms with E-state index in [4.69, 9.17) is 0 Å². The molecule has 0 aromatic carbocycles. The predicted octanol–water partition coefficient (Wildman–Crippen LogP) is 1.65. The van der Waals surface area contributed by atoms with Gasteiger partial charge in [-0.25, -0.2) is 0 Å². The molecule has 1 saturated heterocycles. The highest BCUT2D eigenvalue weighted by Crippen LogP contribution is 2.20. The van der Waals surface area contributed by atoms with Gasteiger partial charge in [-0.05, 0) is 45.7 Å². The molecule has 0 amide bonds. The summed E-state index contributed by atoms with van der Waals surface area (Å²) in [5, 5.41) is 16.9. The van der Waals surface area contributed by atoms with E-state index in [0.29, 0.717) is 12.0 Å².